The Morgan fingerprint density at radius 2 is 1.88 bits per heavy atom. The monoisotopic (exact) mass is 380 g/mol. The molecule has 0 radical (unpaired) electrons. The Morgan fingerprint density at radius 1 is 1.19 bits per heavy atom. The fourth-order valence-corrected chi connectivity index (χ4v) is 12.5. The molecule has 146 valence electrons. The lowest BCUT2D eigenvalue weighted by molar-refractivity contribution is 0.0493. The number of hydrogen-bond acceptors (Lipinski definition) is 4. The van der Waals surface area contributed by atoms with Gasteiger partial charge in [0.25, 0.3) is 0 Å². The van der Waals surface area contributed by atoms with E-state index < -0.39 is 19.1 Å². The van der Waals surface area contributed by atoms with Crippen LogP contribution in [0.5, 0.6) is 0 Å². The van der Waals surface area contributed by atoms with E-state index in [1.54, 1.807) is 7.11 Å². The van der Waals surface area contributed by atoms with Crippen molar-refractivity contribution >= 4 is 7.37 Å². The summed E-state index contributed by atoms with van der Waals surface area (Å²) in [7, 11) is -1.02. The standard InChI is InChI=1S/C21H33O4P/c1-3-17-21(26(17,24)25-2)13-11-15-14(19(22)18(21)16(15)12-13)7-10-20(23)8-5-4-6-9-20/h7,10,13-19,22-23H,3-6,8-9,11-12H2,1-2H3. The van der Waals surface area contributed by atoms with Gasteiger partial charge < -0.3 is 14.7 Å². The van der Waals surface area contributed by atoms with Crippen LogP contribution in [0.4, 0.5) is 0 Å². The molecule has 0 aromatic heterocycles. The zero-order valence-electron chi connectivity index (χ0n) is 16.0. The van der Waals surface area contributed by atoms with Crippen LogP contribution in [0.15, 0.2) is 12.2 Å². The summed E-state index contributed by atoms with van der Waals surface area (Å²) >= 11 is 0. The summed E-state index contributed by atoms with van der Waals surface area (Å²) in [4.78, 5) is 0. The second kappa shape index (κ2) is 5.69. The molecule has 5 rings (SSSR count). The highest BCUT2D eigenvalue weighted by atomic mass is 31.2. The number of aliphatic hydroxyl groups is 2. The zero-order valence-corrected chi connectivity index (χ0v) is 16.9. The molecule has 4 aliphatic carbocycles. The summed E-state index contributed by atoms with van der Waals surface area (Å²) in [6.07, 6.45) is 11.9. The molecule has 2 N–H and O–H groups in total. The molecule has 5 aliphatic rings. The summed E-state index contributed by atoms with van der Waals surface area (Å²) in [5.74, 6) is 1.70. The molecule has 9 unspecified atom stereocenters. The van der Waals surface area contributed by atoms with Crippen molar-refractivity contribution in [1.82, 2.24) is 0 Å². The van der Waals surface area contributed by atoms with Crippen LogP contribution in [0.1, 0.15) is 58.3 Å². The summed E-state index contributed by atoms with van der Waals surface area (Å²) < 4.78 is 19.1. The Balaban J connectivity index is 1.43. The molecule has 0 amide bonds. The third kappa shape index (κ3) is 1.95. The van der Waals surface area contributed by atoms with E-state index in [1.165, 1.54) is 6.42 Å². The van der Waals surface area contributed by atoms with E-state index >= 15 is 0 Å². The van der Waals surface area contributed by atoms with Crippen molar-refractivity contribution < 1.29 is 19.3 Å². The van der Waals surface area contributed by atoms with E-state index in [-0.39, 0.29) is 22.7 Å². The molecule has 9 atom stereocenters. The van der Waals surface area contributed by atoms with Gasteiger partial charge in [0.05, 0.1) is 22.5 Å². The van der Waals surface area contributed by atoms with Crippen molar-refractivity contribution in [3.05, 3.63) is 12.2 Å². The third-order valence-corrected chi connectivity index (χ3v) is 12.9. The molecule has 2 bridgehead atoms. The average molecular weight is 380 g/mol. The fourth-order valence-electron chi connectivity index (χ4n) is 8.13. The van der Waals surface area contributed by atoms with Gasteiger partial charge >= 0.3 is 0 Å². The lowest BCUT2D eigenvalue weighted by Crippen LogP contribution is -2.37. The van der Waals surface area contributed by atoms with Gasteiger partial charge in [0.1, 0.15) is 0 Å². The van der Waals surface area contributed by atoms with Crippen LogP contribution in [0.25, 0.3) is 0 Å². The Bertz CT molecular complexity index is 669. The number of hydrogen-bond donors (Lipinski definition) is 2. The molecule has 4 saturated carbocycles. The van der Waals surface area contributed by atoms with Gasteiger partial charge in [0, 0.05) is 18.9 Å². The highest BCUT2D eigenvalue weighted by Gasteiger charge is 2.88. The fraction of sp³-hybridized carbons (Fsp3) is 0.905. The van der Waals surface area contributed by atoms with Crippen LogP contribution >= 0.6 is 7.37 Å². The molecular formula is C21H33O4P. The third-order valence-electron chi connectivity index (χ3n) is 8.99. The zero-order chi connectivity index (χ0) is 18.3. The van der Waals surface area contributed by atoms with E-state index in [9.17, 15) is 14.8 Å². The molecular weight excluding hydrogens is 347 g/mol. The minimum Gasteiger partial charge on any atom is -0.392 e. The van der Waals surface area contributed by atoms with Gasteiger partial charge in [-0.1, -0.05) is 38.3 Å². The molecule has 5 fully saturated rings. The molecule has 4 nitrogen and oxygen atoms in total. The minimum absolute atomic E-state index is 0.115. The van der Waals surface area contributed by atoms with Crippen LogP contribution < -0.4 is 0 Å². The lowest BCUT2D eigenvalue weighted by Gasteiger charge is -2.29. The van der Waals surface area contributed by atoms with Gasteiger partial charge in [-0.05, 0) is 49.9 Å². The van der Waals surface area contributed by atoms with E-state index in [0.29, 0.717) is 17.8 Å². The van der Waals surface area contributed by atoms with Crippen LogP contribution in [0.3, 0.4) is 0 Å². The molecule has 1 heterocycles. The highest BCUT2D eigenvalue weighted by Crippen LogP contribution is 2.94. The predicted molar refractivity (Wildman–Crippen MR) is 101 cm³/mol. The summed E-state index contributed by atoms with van der Waals surface area (Å²) in [6, 6.07) is 0. The van der Waals surface area contributed by atoms with Gasteiger partial charge in [0.2, 0.25) is 7.37 Å². The molecule has 1 saturated heterocycles. The molecule has 0 aromatic rings. The van der Waals surface area contributed by atoms with Crippen molar-refractivity contribution in [3.63, 3.8) is 0 Å². The maximum absolute atomic E-state index is 13.5. The topological polar surface area (TPSA) is 66.8 Å². The van der Waals surface area contributed by atoms with E-state index in [1.807, 2.05) is 6.08 Å². The first-order valence-corrected chi connectivity index (χ1v) is 12.4. The Kier molecular flexibility index (Phi) is 3.92. The Morgan fingerprint density at radius 3 is 2.50 bits per heavy atom. The van der Waals surface area contributed by atoms with Crippen LogP contribution in [0, 0.1) is 29.6 Å². The first-order valence-electron chi connectivity index (χ1n) is 10.7. The van der Waals surface area contributed by atoms with Gasteiger partial charge in [-0.3, -0.25) is 4.57 Å². The second-order valence-electron chi connectivity index (χ2n) is 9.70. The summed E-state index contributed by atoms with van der Waals surface area (Å²) in [5.41, 5.74) is -0.524. The smallest absolute Gasteiger partial charge is 0.214 e. The van der Waals surface area contributed by atoms with E-state index in [2.05, 4.69) is 13.0 Å². The van der Waals surface area contributed by atoms with E-state index in [4.69, 9.17) is 4.52 Å². The highest BCUT2D eigenvalue weighted by molar-refractivity contribution is 7.70. The maximum Gasteiger partial charge on any atom is 0.214 e. The normalized spacial score (nSPS) is 56.7. The first-order chi connectivity index (χ1) is 12.4. The van der Waals surface area contributed by atoms with Crippen LogP contribution in [0.2, 0.25) is 0 Å². The molecule has 5 heteroatoms. The Hall–Kier alpha value is -0.150. The average Bonchev–Trinajstić information content (AvgIpc) is 2.95. The van der Waals surface area contributed by atoms with E-state index in [0.717, 1.165) is 44.9 Å². The van der Waals surface area contributed by atoms with Crippen molar-refractivity contribution in [2.24, 2.45) is 29.6 Å². The summed E-state index contributed by atoms with van der Waals surface area (Å²) in [6.45, 7) is 2.12. The van der Waals surface area contributed by atoms with Gasteiger partial charge in [-0.25, -0.2) is 0 Å². The van der Waals surface area contributed by atoms with Crippen molar-refractivity contribution in [2.45, 2.75) is 80.8 Å². The lowest BCUT2D eigenvalue weighted by atomic mass is 9.77. The SMILES string of the molecule is CCC1C2(C3CC4C(C=CC5(O)CCCCC5)C(O)C2C4C3)P1(=O)OC. The largest absolute Gasteiger partial charge is 0.392 e. The predicted octanol–water partition coefficient (Wildman–Crippen LogP) is 3.96. The van der Waals surface area contributed by atoms with Gasteiger partial charge in [-0.15, -0.1) is 0 Å². The number of fused-ring (bicyclic) bond motifs is 3. The van der Waals surface area contributed by atoms with Crippen molar-refractivity contribution in [2.75, 3.05) is 7.11 Å². The quantitative estimate of drug-likeness (QED) is 0.572. The molecule has 1 spiro atoms. The number of aliphatic hydroxyl groups excluding tert-OH is 1. The second-order valence-corrected chi connectivity index (χ2v) is 12.7. The summed E-state index contributed by atoms with van der Waals surface area (Å²) in [5, 5.41) is 21.9. The van der Waals surface area contributed by atoms with Gasteiger partial charge in [-0.2, -0.15) is 0 Å². The van der Waals surface area contributed by atoms with Crippen molar-refractivity contribution in [3.8, 4) is 0 Å². The van der Waals surface area contributed by atoms with Crippen LogP contribution in [-0.4, -0.2) is 39.8 Å². The first kappa shape index (κ1) is 17.9. The molecule has 26 heavy (non-hydrogen) atoms. The number of rotatable bonds is 4. The van der Waals surface area contributed by atoms with Crippen LogP contribution in [-0.2, 0) is 9.09 Å². The Labute approximate surface area is 156 Å². The maximum atomic E-state index is 13.5. The minimum atomic E-state index is -2.63. The van der Waals surface area contributed by atoms with Crippen molar-refractivity contribution in [1.29, 1.82) is 0 Å². The molecule has 0 aromatic carbocycles. The molecule has 1 aliphatic heterocycles. The van der Waals surface area contributed by atoms with Gasteiger partial charge in [0.15, 0.2) is 0 Å².